The molecule has 1 heterocycles. The molecule has 1 amide bonds. The van der Waals surface area contributed by atoms with Gasteiger partial charge in [0.15, 0.2) is 5.75 Å². The zero-order chi connectivity index (χ0) is 27.7. The van der Waals surface area contributed by atoms with Gasteiger partial charge >= 0.3 is 5.69 Å². The quantitative estimate of drug-likeness (QED) is 0.152. The van der Waals surface area contributed by atoms with E-state index in [1.165, 1.54) is 56.7 Å². The third-order valence-corrected chi connectivity index (χ3v) is 6.26. The summed E-state index contributed by atoms with van der Waals surface area (Å²) >= 11 is 6.17. The van der Waals surface area contributed by atoms with Crippen molar-refractivity contribution in [2.75, 3.05) is 19.1 Å². The molecule has 11 nitrogen and oxygen atoms in total. The van der Waals surface area contributed by atoms with Gasteiger partial charge in [-0.15, -0.1) is 0 Å². The number of ether oxygens (including phenoxy) is 2. The number of aromatic hydroxyl groups is 1. The largest absolute Gasteiger partial charge is 0.507 e. The lowest BCUT2D eigenvalue weighted by molar-refractivity contribution is -0.385. The van der Waals surface area contributed by atoms with E-state index >= 15 is 0 Å². The van der Waals surface area contributed by atoms with Crippen molar-refractivity contribution in [2.24, 2.45) is 0 Å². The number of ketones is 1. The van der Waals surface area contributed by atoms with Crippen LogP contribution in [0, 0.1) is 21.4 Å². The average molecular weight is 536 g/mol. The third-order valence-electron chi connectivity index (χ3n) is 5.96. The van der Waals surface area contributed by atoms with E-state index < -0.39 is 45.4 Å². The number of anilines is 1. The van der Waals surface area contributed by atoms with E-state index in [-0.39, 0.29) is 33.3 Å². The van der Waals surface area contributed by atoms with Gasteiger partial charge in [-0.2, -0.15) is 5.26 Å². The second-order valence-corrected chi connectivity index (χ2v) is 8.43. The fraction of sp³-hybridized carbons (Fsp3) is 0.115. The summed E-state index contributed by atoms with van der Waals surface area (Å²) in [6.07, 6.45) is 0. The number of phenols is 1. The topological polar surface area (TPSA) is 163 Å². The Morgan fingerprint density at radius 2 is 1.74 bits per heavy atom. The molecule has 3 aromatic rings. The summed E-state index contributed by atoms with van der Waals surface area (Å²) in [5.41, 5.74) is -0.559. The Hall–Kier alpha value is -5.08. The fourth-order valence-corrected chi connectivity index (χ4v) is 4.39. The van der Waals surface area contributed by atoms with Gasteiger partial charge in [-0.05, 0) is 42.0 Å². The molecule has 2 N–H and O–H groups in total. The lowest BCUT2D eigenvalue weighted by Crippen LogP contribution is -2.29. The number of amides is 1. The molecular weight excluding hydrogens is 518 g/mol. The molecular formula is C26H18ClN3O8. The maximum Gasteiger partial charge on any atom is 0.311 e. The number of carbonyl (C=O) groups excluding carboxylic acids is 2. The van der Waals surface area contributed by atoms with Crippen LogP contribution >= 0.6 is 11.6 Å². The lowest BCUT2D eigenvalue weighted by atomic mass is 9.94. The number of halogens is 1. The first-order valence-corrected chi connectivity index (χ1v) is 11.2. The molecule has 38 heavy (non-hydrogen) atoms. The highest BCUT2D eigenvalue weighted by Gasteiger charge is 2.47. The van der Waals surface area contributed by atoms with E-state index in [0.29, 0.717) is 5.56 Å². The number of methoxy groups -OCH3 is 2. The number of nitro groups is 1. The third kappa shape index (κ3) is 4.33. The molecule has 1 aliphatic heterocycles. The summed E-state index contributed by atoms with van der Waals surface area (Å²) in [6, 6.07) is 12.3. The van der Waals surface area contributed by atoms with Crippen LogP contribution < -0.4 is 14.4 Å². The molecule has 0 aliphatic carbocycles. The molecule has 1 atom stereocenters. The lowest BCUT2D eigenvalue weighted by Gasteiger charge is -2.25. The SMILES string of the molecule is COc1cc(/C(O)=C2\C(=O)C(=O)N(c3ccc(C#N)cc3)C2c2ccc(O)c([N+](=O)[O-])c2)c(OC)cc1Cl. The minimum Gasteiger partial charge on any atom is -0.507 e. The molecule has 1 unspecified atom stereocenters. The van der Waals surface area contributed by atoms with Crippen molar-refractivity contribution < 1.29 is 34.2 Å². The predicted molar refractivity (Wildman–Crippen MR) is 135 cm³/mol. The van der Waals surface area contributed by atoms with E-state index in [4.69, 9.17) is 26.3 Å². The van der Waals surface area contributed by atoms with Crippen molar-refractivity contribution in [1.82, 2.24) is 0 Å². The van der Waals surface area contributed by atoms with Crippen molar-refractivity contribution in [1.29, 1.82) is 5.26 Å². The first-order chi connectivity index (χ1) is 18.1. The number of hydrogen-bond acceptors (Lipinski definition) is 9. The standard InChI is InChI=1S/C26H18ClN3O8/c1-37-20-11-17(27)21(38-2)10-16(20)24(32)22-23(14-5-8-19(31)18(9-14)30(35)36)29(26(34)25(22)33)15-6-3-13(12-28)4-7-15/h3-11,23,31-32H,1-2H3/b24-22+. The number of phenolic OH excluding ortho intramolecular Hbond substituents is 1. The highest BCUT2D eigenvalue weighted by Crippen LogP contribution is 2.46. The predicted octanol–water partition coefficient (Wildman–Crippen LogP) is 4.47. The van der Waals surface area contributed by atoms with Crippen LogP contribution in [-0.4, -0.2) is 41.0 Å². The van der Waals surface area contributed by atoms with Crippen molar-refractivity contribution in [3.63, 3.8) is 0 Å². The number of Topliss-reactive ketones (excluding diaryl/α,β-unsaturated/α-hetero) is 1. The van der Waals surface area contributed by atoms with E-state index in [2.05, 4.69) is 0 Å². The highest BCUT2D eigenvalue weighted by atomic mass is 35.5. The summed E-state index contributed by atoms with van der Waals surface area (Å²) in [4.78, 5) is 38.4. The maximum absolute atomic E-state index is 13.4. The van der Waals surface area contributed by atoms with E-state index in [1.807, 2.05) is 6.07 Å². The Labute approximate surface area is 220 Å². The highest BCUT2D eigenvalue weighted by molar-refractivity contribution is 6.51. The van der Waals surface area contributed by atoms with E-state index in [9.17, 15) is 29.9 Å². The summed E-state index contributed by atoms with van der Waals surface area (Å²) in [6.45, 7) is 0. The maximum atomic E-state index is 13.4. The second-order valence-electron chi connectivity index (χ2n) is 8.02. The van der Waals surface area contributed by atoms with Gasteiger partial charge in [0.25, 0.3) is 11.7 Å². The number of benzene rings is 3. The molecule has 0 radical (unpaired) electrons. The van der Waals surface area contributed by atoms with Gasteiger partial charge in [-0.1, -0.05) is 17.7 Å². The van der Waals surface area contributed by atoms with Crippen LogP contribution in [-0.2, 0) is 9.59 Å². The van der Waals surface area contributed by atoms with Crippen LogP contribution in [0.1, 0.15) is 22.7 Å². The molecule has 0 aromatic heterocycles. The Kier molecular flexibility index (Phi) is 6.92. The van der Waals surface area contributed by atoms with Crippen LogP contribution in [0.25, 0.3) is 5.76 Å². The summed E-state index contributed by atoms with van der Waals surface area (Å²) in [5, 5.41) is 42.2. The second kappa shape index (κ2) is 10.1. The van der Waals surface area contributed by atoms with Gasteiger partial charge in [0, 0.05) is 17.8 Å². The molecule has 1 saturated heterocycles. The molecule has 0 bridgehead atoms. The number of nitrogens with zero attached hydrogens (tertiary/aromatic N) is 3. The molecule has 192 valence electrons. The van der Waals surface area contributed by atoms with Gasteiger partial charge in [0.2, 0.25) is 0 Å². The summed E-state index contributed by atoms with van der Waals surface area (Å²) in [5.74, 6) is -3.17. The number of carbonyl (C=O) groups is 2. The molecule has 12 heteroatoms. The zero-order valence-electron chi connectivity index (χ0n) is 19.8. The molecule has 1 aliphatic rings. The number of rotatable bonds is 6. The van der Waals surface area contributed by atoms with Crippen LogP contribution in [0.15, 0.2) is 60.2 Å². The van der Waals surface area contributed by atoms with Gasteiger partial charge in [0.05, 0.1) is 53.0 Å². The monoisotopic (exact) mass is 535 g/mol. The fourth-order valence-electron chi connectivity index (χ4n) is 4.16. The number of nitro benzene ring substituents is 1. The Morgan fingerprint density at radius 1 is 1.08 bits per heavy atom. The minimum absolute atomic E-state index is 0.0233. The first-order valence-electron chi connectivity index (χ1n) is 10.8. The number of aliphatic hydroxyl groups is 1. The van der Waals surface area contributed by atoms with E-state index in [0.717, 1.165) is 17.0 Å². The molecule has 3 aromatic carbocycles. The average Bonchev–Trinajstić information content (AvgIpc) is 3.18. The Balaban J connectivity index is 2.03. The van der Waals surface area contributed by atoms with Crippen molar-refractivity contribution >= 4 is 40.4 Å². The van der Waals surface area contributed by atoms with Crippen molar-refractivity contribution in [3.05, 3.63) is 92.0 Å². The molecule has 0 spiro atoms. The summed E-state index contributed by atoms with van der Waals surface area (Å²) in [7, 11) is 2.65. The van der Waals surface area contributed by atoms with Crippen LogP contribution in [0.5, 0.6) is 17.2 Å². The number of nitriles is 1. The number of aliphatic hydroxyl groups excluding tert-OH is 1. The molecule has 0 saturated carbocycles. The van der Waals surface area contributed by atoms with Crippen LogP contribution in [0.2, 0.25) is 5.02 Å². The number of hydrogen-bond donors (Lipinski definition) is 2. The van der Waals surface area contributed by atoms with E-state index in [1.54, 1.807) is 0 Å². The van der Waals surface area contributed by atoms with Gasteiger partial charge in [-0.25, -0.2) is 0 Å². The summed E-state index contributed by atoms with van der Waals surface area (Å²) < 4.78 is 10.5. The zero-order valence-corrected chi connectivity index (χ0v) is 20.6. The minimum atomic E-state index is -1.35. The van der Waals surface area contributed by atoms with Gasteiger partial charge < -0.3 is 19.7 Å². The van der Waals surface area contributed by atoms with Crippen molar-refractivity contribution in [3.8, 4) is 23.3 Å². The van der Waals surface area contributed by atoms with Gasteiger partial charge in [0.1, 0.15) is 17.3 Å². The Bertz CT molecular complexity index is 1560. The van der Waals surface area contributed by atoms with Crippen LogP contribution in [0.4, 0.5) is 11.4 Å². The van der Waals surface area contributed by atoms with Crippen molar-refractivity contribution in [2.45, 2.75) is 6.04 Å². The first kappa shape index (κ1) is 26.0. The van der Waals surface area contributed by atoms with Gasteiger partial charge in [-0.3, -0.25) is 24.6 Å². The molecule has 1 fully saturated rings. The molecule has 4 rings (SSSR count). The normalized spacial score (nSPS) is 16.3. The van der Waals surface area contributed by atoms with Crippen LogP contribution in [0.3, 0.4) is 0 Å². The Morgan fingerprint density at radius 3 is 2.32 bits per heavy atom. The smallest absolute Gasteiger partial charge is 0.311 e.